The van der Waals surface area contributed by atoms with Crippen LogP contribution < -0.4 is 11.3 Å². The van der Waals surface area contributed by atoms with Crippen LogP contribution in [0.2, 0.25) is 0 Å². The largest absolute Gasteiger partial charge is 0.271 e. The van der Waals surface area contributed by atoms with Crippen molar-refractivity contribution in [3.05, 3.63) is 17.5 Å². The molecule has 1 aromatic heterocycles. The van der Waals surface area contributed by atoms with Gasteiger partial charge in [-0.25, -0.2) is 0 Å². The predicted octanol–water partition coefficient (Wildman–Crippen LogP) is 1.13. The Hall–Kier alpha value is -0.870. The molecule has 0 aromatic carbocycles. The second-order valence-electron chi connectivity index (χ2n) is 4.01. The lowest BCUT2D eigenvalue weighted by molar-refractivity contribution is 0.450. The van der Waals surface area contributed by atoms with E-state index in [4.69, 9.17) is 5.84 Å². The molecule has 0 bridgehead atoms. The molecule has 1 atom stereocenters. The maximum absolute atomic E-state index is 5.59. The van der Waals surface area contributed by atoms with E-state index < -0.39 is 0 Å². The van der Waals surface area contributed by atoms with E-state index in [1.54, 1.807) is 0 Å². The van der Waals surface area contributed by atoms with Gasteiger partial charge >= 0.3 is 0 Å². The minimum atomic E-state index is 0.288. The number of hydrogen-bond acceptors (Lipinski definition) is 3. The zero-order valence-corrected chi connectivity index (χ0v) is 8.83. The number of hydrogen-bond donors (Lipinski definition) is 2. The van der Waals surface area contributed by atoms with Gasteiger partial charge in [0.05, 0.1) is 17.4 Å². The predicted molar refractivity (Wildman–Crippen MR) is 55.4 cm³/mol. The monoisotopic (exact) mass is 194 g/mol. The molecule has 1 unspecified atom stereocenters. The molecule has 1 aliphatic rings. The maximum Gasteiger partial charge on any atom is 0.0657 e. The SMILES string of the molecule is CCn1nc(C)cc1C(NN)C1CC1. The zero-order valence-electron chi connectivity index (χ0n) is 8.83. The molecule has 1 fully saturated rings. The van der Waals surface area contributed by atoms with Gasteiger partial charge in [0, 0.05) is 6.54 Å². The molecule has 1 saturated carbocycles. The number of nitrogens with one attached hydrogen (secondary N) is 1. The van der Waals surface area contributed by atoms with Crippen molar-refractivity contribution in [3.8, 4) is 0 Å². The van der Waals surface area contributed by atoms with E-state index in [0.29, 0.717) is 5.92 Å². The molecule has 78 valence electrons. The maximum atomic E-state index is 5.59. The molecule has 4 nitrogen and oxygen atoms in total. The van der Waals surface area contributed by atoms with Crippen LogP contribution in [0, 0.1) is 12.8 Å². The molecule has 4 heteroatoms. The first kappa shape index (κ1) is 9.68. The van der Waals surface area contributed by atoms with Gasteiger partial charge in [-0.2, -0.15) is 5.10 Å². The molecule has 0 spiro atoms. The number of aryl methyl sites for hydroxylation is 2. The molecule has 1 heterocycles. The minimum Gasteiger partial charge on any atom is -0.271 e. The lowest BCUT2D eigenvalue weighted by Crippen LogP contribution is -2.31. The van der Waals surface area contributed by atoms with Gasteiger partial charge in [0.15, 0.2) is 0 Å². The lowest BCUT2D eigenvalue weighted by Gasteiger charge is -2.15. The highest BCUT2D eigenvalue weighted by atomic mass is 15.3. The van der Waals surface area contributed by atoms with E-state index in [1.807, 2.05) is 11.6 Å². The molecule has 1 aliphatic carbocycles. The average Bonchev–Trinajstić information content (AvgIpc) is 2.92. The number of nitrogens with zero attached hydrogens (tertiary/aromatic N) is 2. The van der Waals surface area contributed by atoms with E-state index in [1.165, 1.54) is 18.5 Å². The lowest BCUT2D eigenvalue weighted by atomic mass is 10.1. The van der Waals surface area contributed by atoms with Gasteiger partial charge in [0.25, 0.3) is 0 Å². The van der Waals surface area contributed by atoms with Gasteiger partial charge in [-0.1, -0.05) is 0 Å². The molecule has 0 amide bonds. The molecule has 0 aliphatic heterocycles. The summed E-state index contributed by atoms with van der Waals surface area (Å²) in [7, 11) is 0. The van der Waals surface area contributed by atoms with Crippen LogP contribution >= 0.6 is 0 Å². The molecular formula is C10H18N4. The summed E-state index contributed by atoms with van der Waals surface area (Å²) in [5.74, 6) is 6.30. The Balaban J connectivity index is 2.27. The van der Waals surface area contributed by atoms with Crippen molar-refractivity contribution in [1.82, 2.24) is 15.2 Å². The van der Waals surface area contributed by atoms with Crippen LogP contribution in [0.15, 0.2) is 6.07 Å². The summed E-state index contributed by atoms with van der Waals surface area (Å²) in [6.07, 6.45) is 2.56. The first-order chi connectivity index (χ1) is 6.76. The molecule has 0 saturated heterocycles. The average molecular weight is 194 g/mol. The van der Waals surface area contributed by atoms with Crippen molar-refractivity contribution in [2.75, 3.05) is 0 Å². The van der Waals surface area contributed by atoms with Crippen LogP contribution in [0.4, 0.5) is 0 Å². The van der Waals surface area contributed by atoms with Crippen LogP contribution in [0.5, 0.6) is 0 Å². The summed E-state index contributed by atoms with van der Waals surface area (Å²) in [4.78, 5) is 0. The van der Waals surface area contributed by atoms with Crippen LogP contribution in [0.25, 0.3) is 0 Å². The molecule has 3 N–H and O–H groups in total. The van der Waals surface area contributed by atoms with Crippen molar-refractivity contribution in [1.29, 1.82) is 0 Å². The summed E-state index contributed by atoms with van der Waals surface area (Å²) in [6.45, 7) is 5.04. The number of nitrogens with two attached hydrogens (primary N) is 1. The van der Waals surface area contributed by atoms with E-state index in [0.717, 1.165) is 12.2 Å². The Kier molecular flexibility index (Phi) is 2.56. The summed E-state index contributed by atoms with van der Waals surface area (Å²) in [6, 6.07) is 2.42. The molecular weight excluding hydrogens is 176 g/mol. The van der Waals surface area contributed by atoms with Crippen molar-refractivity contribution in [3.63, 3.8) is 0 Å². The van der Waals surface area contributed by atoms with E-state index >= 15 is 0 Å². The van der Waals surface area contributed by atoms with E-state index in [9.17, 15) is 0 Å². The highest BCUT2D eigenvalue weighted by Gasteiger charge is 2.33. The third-order valence-electron chi connectivity index (χ3n) is 2.82. The third kappa shape index (κ3) is 1.67. The fraction of sp³-hybridized carbons (Fsp3) is 0.700. The van der Waals surface area contributed by atoms with Crippen molar-refractivity contribution in [2.45, 2.75) is 39.3 Å². The van der Waals surface area contributed by atoms with Crippen molar-refractivity contribution in [2.24, 2.45) is 11.8 Å². The zero-order chi connectivity index (χ0) is 10.1. The molecule has 14 heavy (non-hydrogen) atoms. The summed E-state index contributed by atoms with van der Waals surface area (Å²) in [5.41, 5.74) is 5.21. The number of hydrazine groups is 1. The Morgan fingerprint density at radius 2 is 2.43 bits per heavy atom. The summed E-state index contributed by atoms with van der Waals surface area (Å²) >= 11 is 0. The highest BCUT2D eigenvalue weighted by molar-refractivity contribution is 5.15. The second kappa shape index (κ2) is 3.71. The van der Waals surface area contributed by atoms with Crippen LogP contribution in [0.1, 0.15) is 37.2 Å². The second-order valence-corrected chi connectivity index (χ2v) is 4.01. The number of aromatic nitrogens is 2. The van der Waals surface area contributed by atoms with Gasteiger partial charge in [0.2, 0.25) is 0 Å². The fourth-order valence-corrected chi connectivity index (χ4v) is 1.96. The molecule has 2 rings (SSSR count). The van der Waals surface area contributed by atoms with Gasteiger partial charge in [0.1, 0.15) is 0 Å². The van der Waals surface area contributed by atoms with E-state index in [-0.39, 0.29) is 6.04 Å². The first-order valence-electron chi connectivity index (χ1n) is 5.26. The highest BCUT2D eigenvalue weighted by Crippen LogP contribution is 2.40. The van der Waals surface area contributed by atoms with Crippen molar-refractivity contribution >= 4 is 0 Å². The minimum absolute atomic E-state index is 0.288. The normalized spacial score (nSPS) is 18.5. The van der Waals surface area contributed by atoms with Gasteiger partial charge in [-0.15, -0.1) is 0 Å². The first-order valence-corrected chi connectivity index (χ1v) is 5.26. The van der Waals surface area contributed by atoms with Gasteiger partial charge in [-0.05, 0) is 38.7 Å². The van der Waals surface area contributed by atoms with Crippen LogP contribution in [-0.4, -0.2) is 9.78 Å². The quantitative estimate of drug-likeness (QED) is 0.558. The fourth-order valence-electron chi connectivity index (χ4n) is 1.96. The van der Waals surface area contributed by atoms with Crippen LogP contribution in [0.3, 0.4) is 0 Å². The Bertz CT molecular complexity index is 314. The Morgan fingerprint density at radius 3 is 2.93 bits per heavy atom. The molecule has 1 aromatic rings. The standard InChI is InChI=1S/C10H18N4/c1-3-14-9(6-7(2)13-14)10(12-11)8-4-5-8/h6,8,10,12H,3-5,11H2,1-2H3. The van der Waals surface area contributed by atoms with E-state index in [2.05, 4.69) is 23.5 Å². The smallest absolute Gasteiger partial charge is 0.0657 e. The molecule has 0 radical (unpaired) electrons. The number of rotatable bonds is 4. The Labute approximate surface area is 84.4 Å². The summed E-state index contributed by atoms with van der Waals surface area (Å²) < 4.78 is 2.04. The third-order valence-corrected chi connectivity index (χ3v) is 2.82. The van der Waals surface area contributed by atoms with Crippen molar-refractivity contribution < 1.29 is 0 Å². The van der Waals surface area contributed by atoms with Crippen LogP contribution in [-0.2, 0) is 6.54 Å². The summed E-state index contributed by atoms with van der Waals surface area (Å²) in [5, 5.41) is 4.43. The van der Waals surface area contributed by atoms with Gasteiger partial charge < -0.3 is 0 Å². The topological polar surface area (TPSA) is 55.9 Å². The van der Waals surface area contributed by atoms with Gasteiger partial charge in [-0.3, -0.25) is 16.0 Å². The Morgan fingerprint density at radius 1 is 1.71 bits per heavy atom.